The minimum absolute atomic E-state index is 0.289. The number of hydrogen-bond donors (Lipinski definition) is 6. The molecule has 0 aromatic heterocycles. The van der Waals surface area contributed by atoms with Gasteiger partial charge in [0.05, 0.1) is 10.7 Å². The fraction of sp³-hybridized carbons (Fsp3) is 0.188. The predicted octanol–water partition coefficient (Wildman–Crippen LogP) is 8.11. The van der Waals surface area contributed by atoms with Crippen LogP contribution in [0.2, 0.25) is 0 Å². The van der Waals surface area contributed by atoms with E-state index in [2.05, 4.69) is 158 Å². The first kappa shape index (κ1) is 41.9. The van der Waals surface area contributed by atoms with Gasteiger partial charge in [-0.05, 0) is 266 Å². The van der Waals surface area contributed by atoms with Gasteiger partial charge in [0.1, 0.15) is 23.6 Å². The summed E-state index contributed by atoms with van der Waals surface area (Å²) in [5.41, 5.74) is 17.7. The van der Waals surface area contributed by atoms with E-state index in [1.165, 1.54) is 11.1 Å². The van der Waals surface area contributed by atoms with Gasteiger partial charge in [-0.2, -0.15) is 0 Å². The standard InChI is InChI=1S/C16H13I4NO3.C16H14I3NO3/c17-10-2-8(6-14(21)16(23)24)3-11(18)9(10)1-7-4-12(19)15(22)13(20)5-7;17-11-5-9(7-14(20)16(22)23)6-12(18)10(11)3-8-1-2-15(21)13(19)4-8/h2-5,14,22H,1,6,21H2,(H,23,24);1-2,4-6,14,21H,3,7,20H2,(H,22,23). The lowest BCUT2D eigenvalue weighted by Gasteiger charge is -2.13. The highest BCUT2D eigenvalue weighted by Gasteiger charge is 2.17. The Balaban J connectivity index is 0.000000256. The molecule has 0 fully saturated rings. The van der Waals surface area contributed by atoms with Crippen molar-refractivity contribution >= 4 is 170 Å². The van der Waals surface area contributed by atoms with E-state index in [0.29, 0.717) is 18.6 Å². The number of aliphatic carboxylic acids is 2. The molecule has 15 heteroatoms. The molecule has 2 unspecified atom stereocenters. The Morgan fingerprint density at radius 1 is 0.532 bits per heavy atom. The van der Waals surface area contributed by atoms with Crippen LogP contribution in [0.4, 0.5) is 0 Å². The lowest BCUT2D eigenvalue weighted by Crippen LogP contribution is -2.32. The van der Waals surface area contributed by atoms with E-state index in [9.17, 15) is 19.8 Å². The molecule has 2 atom stereocenters. The molecule has 0 bridgehead atoms. The van der Waals surface area contributed by atoms with E-state index in [4.69, 9.17) is 21.7 Å². The normalized spacial score (nSPS) is 12.2. The number of carboxylic acid groups (broad SMARTS) is 2. The molecule has 4 rings (SSSR count). The second-order valence-corrected chi connectivity index (χ2v) is 18.6. The first-order valence-corrected chi connectivity index (χ1v) is 21.1. The lowest BCUT2D eigenvalue weighted by atomic mass is 10.0. The molecule has 0 heterocycles. The van der Waals surface area contributed by atoms with Gasteiger partial charge in [-0.15, -0.1) is 0 Å². The molecule has 0 radical (unpaired) electrons. The number of rotatable bonds is 10. The van der Waals surface area contributed by atoms with Crippen LogP contribution in [0.3, 0.4) is 0 Å². The van der Waals surface area contributed by atoms with Gasteiger partial charge in [-0.25, -0.2) is 0 Å². The van der Waals surface area contributed by atoms with Crippen molar-refractivity contribution in [3.63, 3.8) is 0 Å². The van der Waals surface area contributed by atoms with Gasteiger partial charge in [0.15, 0.2) is 0 Å². The number of phenolic OH excluding ortho intramolecular Hbond substituents is 2. The Bertz CT molecular complexity index is 1740. The predicted molar refractivity (Wildman–Crippen MR) is 242 cm³/mol. The third-order valence-electron chi connectivity index (χ3n) is 6.80. The summed E-state index contributed by atoms with van der Waals surface area (Å²) in [5.74, 6) is -1.37. The SMILES string of the molecule is NC(Cc1cc(I)c(Cc2cc(I)c(O)c(I)c2)c(I)c1)C(=O)O.NC(Cc1cc(I)c(Cc2ccc(O)c(I)c2)c(I)c1)C(=O)O. The number of carboxylic acids is 2. The van der Waals surface area contributed by atoms with Crippen LogP contribution in [-0.2, 0) is 35.3 Å². The largest absolute Gasteiger partial charge is 0.507 e. The number of halogens is 7. The van der Waals surface area contributed by atoms with Crippen molar-refractivity contribution in [1.82, 2.24) is 0 Å². The molecule has 0 aliphatic carbocycles. The molecule has 0 spiro atoms. The minimum Gasteiger partial charge on any atom is -0.507 e. The molecular weight excluding hydrogens is 1400 g/mol. The molecular formula is C32H27I7N2O6. The van der Waals surface area contributed by atoms with Crippen LogP contribution in [0.1, 0.15) is 33.4 Å². The molecule has 8 N–H and O–H groups in total. The number of carbonyl (C=O) groups is 2. The number of benzene rings is 4. The smallest absolute Gasteiger partial charge is 0.320 e. The van der Waals surface area contributed by atoms with Crippen LogP contribution in [-0.4, -0.2) is 44.4 Å². The summed E-state index contributed by atoms with van der Waals surface area (Å²) in [6, 6.07) is 15.8. The Morgan fingerprint density at radius 2 is 0.872 bits per heavy atom. The number of aromatic hydroxyl groups is 2. The van der Waals surface area contributed by atoms with Crippen LogP contribution < -0.4 is 11.5 Å². The van der Waals surface area contributed by atoms with Gasteiger partial charge in [0.2, 0.25) is 0 Å². The highest BCUT2D eigenvalue weighted by atomic mass is 127. The van der Waals surface area contributed by atoms with Crippen LogP contribution in [0.15, 0.2) is 54.6 Å². The van der Waals surface area contributed by atoms with Crippen molar-refractivity contribution in [2.45, 2.75) is 37.8 Å². The average Bonchev–Trinajstić information content (AvgIpc) is 2.97. The monoisotopic (exact) mass is 1420 g/mol. The maximum absolute atomic E-state index is 10.9. The first-order chi connectivity index (χ1) is 22.0. The van der Waals surface area contributed by atoms with E-state index in [1.54, 1.807) is 6.07 Å². The number of nitrogens with two attached hydrogens (primary N) is 2. The fourth-order valence-electron chi connectivity index (χ4n) is 4.36. The second-order valence-electron chi connectivity index (χ2n) is 10.4. The Kier molecular flexibility index (Phi) is 17.2. The van der Waals surface area contributed by atoms with Gasteiger partial charge in [-0.3, -0.25) is 9.59 Å². The second kappa shape index (κ2) is 19.3. The number of hydrogen-bond acceptors (Lipinski definition) is 6. The van der Waals surface area contributed by atoms with Crippen molar-refractivity contribution in [3.05, 3.63) is 113 Å². The molecule has 250 valence electrons. The molecule has 0 aliphatic rings. The Hall–Kier alpha value is 0.450. The Labute approximate surface area is 368 Å². The zero-order valence-corrected chi connectivity index (χ0v) is 39.2. The Morgan fingerprint density at radius 3 is 1.23 bits per heavy atom. The first-order valence-electron chi connectivity index (χ1n) is 13.5. The van der Waals surface area contributed by atoms with Gasteiger partial charge >= 0.3 is 11.9 Å². The van der Waals surface area contributed by atoms with E-state index in [1.807, 2.05) is 48.5 Å². The molecule has 4 aromatic rings. The highest BCUT2D eigenvalue weighted by Crippen LogP contribution is 2.31. The van der Waals surface area contributed by atoms with Gasteiger partial charge in [0, 0.05) is 14.3 Å². The molecule has 4 aromatic carbocycles. The molecule has 0 saturated heterocycles. The van der Waals surface area contributed by atoms with Crippen LogP contribution in [0, 0.1) is 25.0 Å². The van der Waals surface area contributed by atoms with Gasteiger partial charge in [0.25, 0.3) is 0 Å². The fourth-order valence-corrected chi connectivity index (χ4v) is 11.4. The van der Waals surface area contributed by atoms with E-state index in [0.717, 1.165) is 60.1 Å². The quantitative estimate of drug-likeness (QED) is 0.0867. The maximum Gasteiger partial charge on any atom is 0.320 e. The average molecular weight is 1420 g/mol. The lowest BCUT2D eigenvalue weighted by molar-refractivity contribution is -0.139. The topological polar surface area (TPSA) is 167 Å². The third kappa shape index (κ3) is 12.6. The van der Waals surface area contributed by atoms with Crippen LogP contribution in [0.25, 0.3) is 0 Å². The van der Waals surface area contributed by atoms with Crippen LogP contribution in [0.5, 0.6) is 11.5 Å². The molecule has 0 aliphatic heterocycles. The van der Waals surface area contributed by atoms with Crippen molar-refractivity contribution in [1.29, 1.82) is 0 Å². The summed E-state index contributed by atoms with van der Waals surface area (Å²) >= 11 is 15.5. The summed E-state index contributed by atoms with van der Waals surface area (Å²) in [7, 11) is 0. The summed E-state index contributed by atoms with van der Waals surface area (Å²) in [5, 5.41) is 37.4. The van der Waals surface area contributed by atoms with Crippen molar-refractivity contribution in [2.75, 3.05) is 0 Å². The molecule has 0 amide bonds. The molecule has 47 heavy (non-hydrogen) atoms. The van der Waals surface area contributed by atoms with E-state index in [-0.39, 0.29) is 5.75 Å². The van der Waals surface area contributed by atoms with Gasteiger partial charge < -0.3 is 31.9 Å². The zero-order chi connectivity index (χ0) is 35.2. The zero-order valence-electron chi connectivity index (χ0n) is 24.1. The summed E-state index contributed by atoms with van der Waals surface area (Å²) < 4.78 is 6.85. The number of phenols is 2. The van der Waals surface area contributed by atoms with Crippen molar-refractivity contribution < 1.29 is 30.0 Å². The van der Waals surface area contributed by atoms with E-state index < -0.39 is 24.0 Å². The van der Waals surface area contributed by atoms with E-state index >= 15 is 0 Å². The van der Waals surface area contributed by atoms with Crippen molar-refractivity contribution in [3.8, 4) is 11.5 Å². The third-order valence-corrected chi connectivity index (χ3v) is 13.2. The highest BCUT2D eigenvalue weighted by molar-refractivity contribution is 14.1. The van der Waals surface area contributed by atoms with Crippen molar-refractivity contribution in [2.24, 2.45) is 11.5 Å². The molecule has 0 saturated carbocycles. The summed E-state index contributed by atoms with van der Waals surface area (Å²) in [4.78, 5) is 21.8. The molecule has 8 nitrogen and oxygen atoms in total. The summed E-state index contributed by atoms with van der Waals surface area (Å²) in [6.45, 7) is 0. The minimum atomic E-state index is -0.989. The van der Waals surface area contributed by atoms with Crippen LogP contribution >= 0.6 is 158 Å². The summed E-state index contributed by atoms with van der Waals surface area (Å²) in [6.07, 6.45) is 2.15. The van der Waals surface area contributed by atoms with Gasteiger partial charge in [-0.1, -0.05) is 6.07 Å². The maximum atomic E-state index is 10.9.